The van der Waals surface area contributed by atoms with Crippen LogP contribution in [0.25, 0.3) is 0 Å². The van der Waals surface area contributed by atoms with Crippen LogP contribution in [0.4, 0.5) is 5.69 Å². The largest absolute Gasteiger partial charge is 0.339 e. The number of rotatable bonds is 5. The second kappa shape index (κ2) is 8.12. The van der Waals surface area contributed by atoms with Crippen molar-refractivity contribution in [2.75, 3.05) is 51.6 Å². The predicted molar refractivity (Wildman–Crippen MR) is 87.0 cm³/mol. The van der Waals surface area contributed by atoms with E-state index in [1.54, 1.807) is 19.2 Å². The van der Waals surface area contributed by atoms with Gasteiger partial charge in [0.25, 0.3) is 0 Å². The molecule has 1 aliphatic heterocycles. The first-order chi connectivity index (χ1) is 10.6. The number of nitrogens with zero attached hydrogens (tertiary/aromatic N) is 2. The molecule has 2 rings (SSSR count). The molecule has 2 amide bonds. The first-order valence-corrected chi connectivity index (χ1v) is 7.67. The number of anilines is 1. The Labute approximate surface area is 135 Å². The monoisotopic (exact) mass is 324 g/mol. The Bertz CT molecular complexity index is 530. The lowest BCUT2D eigenvalue weighted by molar-refractivity contribution is -0.132. The average Bonchev–Trinajstić information content (AvgIpc) is 2.50. The van der Waals surface area contributed by atoms with Crippen molar-refractivity contribution in [1.29, 1.82) is 0 Å². The first-order valence-electron chi connectivity index (χ1n) is 7.29. The lowest BCUT2D eigenvalue weighted by Crippen LogP contribution is -2.51. The van der Waals surface area contributed by atoms with Crippen LogP contribution in [0.3, 0.4) is 0 Å². The lowest BCUT2D eigenvalue weighted by atomic mass is 10.3. The maximum atomic E-state index is 12.0. The summed E-state index contributed by atoms with van der Waals surface area (Å²) in [5.74, 6) is 0.00534. The van der Waals surface area contributed by atoms with Gasteiger partial charge in [0.1, 0.15) is 0 Å². The molecule has 22 heavy (non-hydrogen) atoms. The summed E-state index contributed by atoms with van der Waals surface area (Å²) in [6.07, 6.45) is 0. The van der Waals surface area contributed by atoms with Gasteiger partial charge < -0.3 is 15.5 Å². The minimum absolute atomic E-state index is 0.0944. The van der Waals surface area contributed by atoms with Crippen molar-refractivity contribution < 1.29 is 9.59 Å². The van der Waals surface area contributed by atoms with Crippen LogP contribution in [-0.4, -0.2) is 67.9 Å². The summed E-state index contributed by atoms with van der Waals surface area (Å²) >= 11 is 6.02. The van der Waals surface area contributed by atoms with Gasteiger partial charge in [-0.3, -0.25) is 14.5 Å². The number of hydrogen-bond acceptors (Lipinski definition) is 4. The zero-order valence-electron chi connectivity index (χ0n) is 12.6. The molecular weight excluding hydrogens is 304 g/mol. The molecule has 0 saturated carbocycles. The normalized spacial score (nSPS) is 15.6. The van der Waals surface area contributed by atoms with E-state index in [0.717, 1.165) is 0 Å². The number of hydrogen-bond donors (Lipinski definition) is 2. The molecule has 120 valence electrons. The maximum absolute atomic E-state index is 12.0. The van der Waals surface area contributed by atoms with Crippen molar-refractivity contribution in [2.24, 2.45) is 0 Å². The van der Waals surface area contributed by atoms with Gasteiger partial charge in [0.05, 0.1) is 23.8 Å². The molecule has 0 unspecified atom stereocenters. The number of amides is 2. The molecule has 1 aliphatic rings. The minimum Gasteiger partial charge on any atom is -0.339 e. The summed E-state index contributed by atoms with van der Waals surface area (Å²) in [6.45, 7) is 3.36. The molecule has 7 heteroatoms. The lowest BCUT2D eigenvalue weighted by Gasteiger charge is -2.34. The Morgan fingerprint density at radius 2 is 1.86 bits per heavy atom. The Balaban J connectivity index is 1.77. The molecule has 0 atom stereocenters. The van der Waals surface area contributed by atoms with Crippen molar-refractivity contribution in [3.8, 4) is 0 Å². The molecule has 0 radical (unpaired) electrons. The Morgan fingerprint density at radius 3 is 2.50 bits per heavy atom. The van der Waals surface area contributed by atoms with E-state index in [9.17, 15) is 9.59 Å². The zero-order chi connectivity index (χ0) is 15.9. The highest BCUT2D eigenvalue weighted by Gasteiger charge is 2.21. The van der Waals surface area contributed by atoms with Gasteiger partial charge in [-0.2, -0.15) is 0 Å². The van der Waals surface area contributed by atoms with Crippen LogP contribution in [0, 0.1) is 0 Å². The first kappa shape index (κ1) is 16.7. The molecule has 0 spiro atoms. The summed E-state index contributed by atoms with van der Waals surface area (Å²) in [5.41, 5.74) is 0.622. The number of para-hydroxylation sites is 1. The van der Waals surface area contributed by atoms with Crippen LogP contribution >= 0.6 is 11.6 Å². The molecule has 1 fully saturated rings. The van der Waals surface area contributed by atoms with Gasteiger partial charge in [-0.1, -0.05) is 23.7 Å². The van der Waals surface area contributed by atoms with E-state index in [2.05, 4.69) is 10.6 Å². The number of benzene rings is 1. The predicted octanol–water partition coefficient (Wildman–Crippen LogP) is 0.642. The topological polar surface area (TPSA) is 64.7 Å². The SMILES string of the molecule is CNCC(=O)N1CCN(CC(=O)Nc2ccccc2Cl)CC1. The molecule has 1 heterocycles. The number of carbonyl (C=O) groups is 2. The van der Waals surface area contributed by atoms with E-state index in [-0.39, 0.29) is 11.8 Å². The van der Waals surface area contributed by atoms with Gasteiger partial charge in [0, 0.05) is 26.2 Å². The van der Waals surface area contributed by atoms with Crippen LogP contribution in [-0.2, 0) is 9.59 Å². The van der Waals surface area contributed by atoms with Crippen LogP contribution in [0.2, 0.25) is 5.02 Å². The van der Waals surface area contributed by atoms with Gasteiger partial charge in [-0.05, 0) is 19.2 Å². The number of halogens is 1. The van der Waals surface area contributed by atoms with E-state index in [1.165, 1.54) is 0 Å². The molecule has 0 aliphatic carbocycles. The highest BCUT2D eigenvalue weighted by Crippen LogP contribution is 2.20. The van der Waals surface area contributed by atoms with Gasteiger partial charge >= 0.3 is 0 Å². The summed E-state index contributed by atoms with van der Waals surface area (Å²) in [4.78, 5) is 27.7. The standard InChI is InChI=1S/C15H21ClN4O2/c1-17-10-15(22)20-8-6-19(7-9-20)11-14(21)18-13-5-3-2-4-12(13)16/h2-5,17H,6-11H2,1H3,(H,18,21). The zero-order valence-corrected chi connectivity index (χ0v) is 13.4. The third-order valence-electron chi connectivity index (χ3n) is 3.57. The summed E-state index contributed by atoms with van der Waals surface area (Å²) in [7, 11) is 1.76. The smallest absolute Gasteiger partial charge is 0.238 e. The van der Waals surface area contributed by atoms with Crippen molar-refractivity contribution in [3.05, 3.63) is 29.3 Å². The fourth-order valence-corrected chi connectivity index (χ4v) is 2.56. The van der Waals surface area contributed by atoms with E-state index in [4.69, 9.17) is 11.6 Å². The van der Waals surface area contributed by atoms with Gasteiger partial charge in [-0.25, -0.2) is 0 Å². The van der Waals surface area contributed by atoms with Crippen molar-refractivity contribution >= 4 is 29.1 Å². The molecule has 0 bridgehead atoms. The fraction of sp³-hybridized carbons (Fsp3) is 0.467. The fourth-order valence-electron chi connectivity index (χ4n) is 2.37. The molecule has 1 aromatic rings. The summed E-state index contributed by atoms with van der Waals surface area (Å²) in [5, 5.41) is 6.19. The van der Waals surface area contributed by atoms with Gasteiger partial charge in [-0.15, -0.1) is 0 Å². The molecule has 2 N–H and O–H groups in total. The van der Waals surface area contributed by atoms with E-state index in [0.29, 0.717) is 50.0 Å². The van der Waals surface area contributed by atoms with Gasteiger partial charge in [0.2, 0.25) is 11.8 Å². The van der Waals surface area contributed by atoms with E-state index < -0.39 is 0 Å². The third kappa shape index (κ3) is 4.69. The maximum Gasteiger partial charge on any atom is 0.238 e. The highest BCUT2D eigenvalue weighted by molar-refractivity contribution is 6.33. The average molecular weight is 325 g/mol. The second-order valence-electron chi connectivity index (χ2n) is 5.22. The Hall–Kier alpha value is -1.63. The molecule has 6 nitrogen and oxygen atoms in total. The summed E-state index contributed by atoms with van der Waals surface area (Å²) in [6, 6.07) is 7.16. The Kier molecular flexibility index (Phi) is 6.18. The van der Waals surface area contributed by atoms with Crippen LogP contribution < -0.4 is 10.6 Å². The number of piperazine rings is 1. The number of nitrogens with one attached hydrogen (secondary N) is 2. The molecular formula is C15H21ClN4O2. The Morgan fingerprint density at radius 1 is 1.18 bits per heavy atom. The van der Waals surface area contributed by atoms with Crippen LogP contribution in [0.1, 0.15) is 0 Å². The number of likely N-dealkylation sites (N-methyl/N-ethyl adjacent to an activating group) is 1. The highest BCUT2D eigenvalue weighted by atomic mass is 35.5. The molecule has 1 saturated heterocycles. The van der Waals surface area contributed by atoms with Crippen molar-refractivity contribution in [1.82, 2.24) is 15.1 Å². The molecule has 1 aromatic carbocycles. The van der Waals surface area contributed by atoms with E-state index >= 15 is 0 Å². The van der Waals surface area contributed by atoms with E-state index in [1.807, 2.05) is 21.9 Å². The second-order valence-corrected chi connectivity index (χ2v) is 5.62. The third-order valence-corrected chi connectivity index (χ3v) is 3.90. The summed E-state index contributed by atoms with van der Waals surface area (Å²) < 4.78 is 0. The van der Waals surface area contributed by atoms with Crippen LogP contribution in [0.5, 0.6) is 0 Å². The quantitative estimate of drug-likeness (QED) is 0.834. The number of carbonyl (C=O) groups excluding carboxylic acids is 2. The molecule has 0 aromatic heterocycles. The van der Waals surface area contributed by atoms with Crippen LogP contribution in [0.15, 0.2) is 24.3 Å². The van der Waals surface area contributed by atoms with Crippen molar-refractivity contribution in [2.45, 2.75) is 0 Å². The van der Waals surface area contributed by atoms with Crippen molar-refractivity contribution in [3.63, 3.8) is 0 Å². The van der Waals surface area contributed by atoms with Gasteiger partial charge in [0.15, 0.2) is 0 Å². The minimum atomic E-state index is -0.0944.